The van der Waals surface area contributed by atoms with Crippen LogP contribution in [0, 0.1) is 11.3 Å². The van der Waals surface area contributed by atoms with Crippen molar-refractivity contribution in [3.05, 3.63) is 59.6 Å². The number of hydrogen-bond acceptors (Lipinski definition) is 5. The molecule has 0 fully saturated rings. The van der Waals surface area contributed by atoms with Gasteiger partial charge >= 0.3 is 0 Å². The number of rotatable bonds is 2. The van der Waals surface area contributed by atoms with Gasteiger partial charge in [-0.25, -0.2) is 9.67 Å². The quantitative estimate of drug-likeness (QED) is 0.691. The van der Waals surface area contributed by atoms with E-state index in [1.807, 2.05) is 36.4 Å². The predicted molar refractivity (Wildman–Crippen MR) is 93.9 cm³/mol. The molecule has 6 nitrogen and oxygen atoms in total. The SMILES string of the molecule is N#Cc1ncn(CC(=O)N2c3ccccc3Sc3ccc(Cl)cc32)n1. The second-order valence-electron chi connectivity index (χ2n) is 5.29. The van der Waals surface area contributed by atoms with E-state index in [4.69, 9.17) is 16.9 Å². The Labute approximate surface area is 152 Å². The van der Waals surface area contributed by atoms with Crippen molar-refractivity contribution in [2.45, 2.75) is 16.3 Å². The van der Waals surface area contributed by atoms with Gasteiger partial charge in [-0.15, -0.1) is 5.10 Å². The molecule has 2 heterocycles. The van der Waals surface area contributed by atoms with Crippen molar-refractivity contribution >= 4 is 40.6 Å². The van der Waals surface area contributed by atoms with Crippen molar-refractivity contribution in [2.75, 3.05) is 4.90 Å². The number of carbonyl (C=O) groups is 1. The molecule has 2 aromatic carbocycles. The molecule has 1 aliphatic heterocycles. The van der Waals surface area contributed by atoms with Gasteiger partial charge in [0.05, 0.1) is 11.4 Å². The molecule has 4 rings (SSSR count). The standard InChI is InChI=1S/C17H10ClN5OS/c18-11-5-6-15-13(7-11)23(12-3-1-2-4-14(12)25-15)17(24)9-22-10-20-16(8-19)21-22/h1-7,10H,9H2. The highest BCUT2D eigenvalue weighted by atomic mass is 35.5. The van der Waals surface area contributed by atoms with E-state index in [1.54, 1.807) is 28.8 Å². The van der Waals surface area contributed by atoms with Crippen LogP contribution in [0.4, 0.5) is 11.4 Å². The molecule has 0 unspecified atom stereocenters. The molecular formula is C17H10ClN5OS. The van der Waals surface area contributed by atoms with E-state index in [-0.39, 0.29) is 18.3 Å². The van der Waals surface area contributed by atoms with Gasteiger partial charge in [0, 0.05) is 14.8 Å². The number of carbonyl (C=O) groups excluding carboxylic acids is 1. The lowest BCUT2D eigenvalue weighted by molar-refractivity contribution is -0.118. The van der Waals surface area contributed by atoms with Crippen molar-refractivity contribution in [2.24, 2.45) is 0 Å². The van der Waals surface area contributed by atoms with Crippen molar-refractivity contribution in [1.29, 1.82) is 5.26 Å². The molecule has 0 aliphatic carbocycles. The maximum absolute atomic E-state index is 13.0. The number of benzene rings is 2. The molecule has 3 aromatic rings. The maximum Gasteiger partial charge on any atom is 0.253 e. The summed E-state index contributed by atoms with van der Waals surface area (Å²) < 4.78 is 1.36. The van der Waals surface area contributed by atoms with Gasteiger partial charge in [-0.05, 0) is 30.3 Å². The number of nitrogens with zero attached hydrogens (tertiary/aromatic N) is 5. The van der Waals surface area contributed by atoms with Gasteiger partial charge in [0.1, 0.15) is 18.9 Å². The molecule has 1 aromatic heterocycles. The number of aromatic nitrogens is 3. The molecule has 0 radical (unpaired) electrons. The molecule has 0 spiro atoms. The highest BCUT2D eigenvalue weighted by Crippen LogP contribution is 2.48. The predicted octanol–water partition coefficient (Wildman–Crippen LogP) is 3.63. The smallest absolute Gasteiger partial charge is 0.253 e. The molecule has 25 heavy (non-hydrogen) atoms. The van der Waals surface area contributed by atoms with Gasteiger partial charge < -0.3 is 0 Å². The first-order valence-corrected chi connectivity index (χ1v) is 8.54. The molecule has 0 atom stereocenters. The third kappa shape index (κ3) is 2.86. The van der Waals surface area contributed by atoms with E-state index < -0.39 is 0 Å². The Hall–Kier alpha value is -2.82. The maximum atomic E-state index is 13.0. The zero-order valence-electron chi connectivity index (χ0n) is 12.8. The highest BCUT2D eigenvalue weighted by Gasteiger charge is 2.28. The Morgan fingerprint density at radius 2 is 2.00 bits per heavy atom. The summed E-state index contributed by atoms with van der Waals surface area (Å²) in [4.78, 5) is 20.4. The summed E-state index contributed by atoms with van der Waals surface area (Å²) in [6, 6.07) is 15.0. The van der Waals surface area contributed by atoms with Gasteiger partial charge in [0.2, 0.25) is 0 Å². The largest absolute Gasteiger partial charge is 0.277 e. The normalized spacial score (nSPS) is 12.2. The number of anilines is 2. The fourth-order valence-electron chi connectivity index (χ4n) is 2.63. The van der Waals surface area contributed by atoms with Gasteiger partial charge in [-0.1, -0.05) is 35.5 Å². The number of halogens is 1. The third-order valence-electron chi connectivity index (χ3n) is 3.67. The van der Waals surface area contributed by atoms with E-state index >= 15 is 0 Å². The summed E-state index contributed by atoms with van der Waals surface area (Å²) in [6.45, 7) is -0.0281. The minimum Gasteiger partial charge on any atom is -0.277 e. The van der Waals surface area contributed by atoms with Crippen molar-refractivity contribution < 1.29 is 4.79 Å². The lowest BCUT2D eigenvalue weighted by Gasteiger charge is -2.31. The Morgan fingerprint density at radius 1 is 1.20 bits per heavy atom. The Balaban J connectivity index is 1.76. The molecule has 122 valence electrons. The second-order valence-corrected chi connectivity index (χ2v) is 6.81. The van der Waals surface area contributed by atoms with E-state index in [0.717, 1.165) is 21.2 Å². The van der Waals surface area contributed by atoms with Gasteiger partial charge in [-0.3, -0.25) is 9.69 Å². The zero-order chi connectivity index (χ0) is 17.4. The summed E-state index contributed by atoms with van der Waals surface area (Å²) in [6.07, 6.45) is 1.37. The summed E-state index contributed by atoms with van der Waals surface area (Å²) in [5.41, 5.74) is 1.54. The van der Waals surface area contributed by atoms with Crippen LogP contribution in [-0.2, 0) is 11.3 Å². The van der Waals surface area contributed by atoms with Crippen LogP contribution < -0.4 is 4.90 Å². The average Bonchev–Trinajstić information content (AvgIpc) is 3.07. The lowest BCUT2D eigenvalue weighted by Crippen LogP contribution is -2.31. The molecular weight excluding hydrogens is 358 g/mol. The fourth-order valence-corrected chi connectivity index (χ4v) is 3.83. The monoisotopic (exact) mass is 367 g/mol. The van der Waals surface area contributed by atoms with Crippen LogP contribution in [0.15, 0.2) is 58.6 Å². The number of hydrogen-bond donors (Lipinski definition) is 0. The third-order valence-corrected chi connectivity index (χ3v) is 5.04. The molecule has 1 aliphatic rings. The number of fused-ring (bicyclic) bond motifs is 2. The van der Waals surface area contributed by atoms with Crippen LogP contribution in [-0.4, -0.2) is 20.7 Å². The topological polar surface area (TPSA) is 74.8 Å². The number of para-hydroxylation sites is 1. The van der Waals surface area contributed by atoms with E-state index in [9.17, 15) is 4.79 Å². The molecule has 0 bridgehead atoms. The Kier molecular flexibility index (Phi) is 3.92. The lowest BCUT2D eigenvalue weighted by atomic mass is 10.2. The first-order valence-electron chi connectivity index (χ1n) is 7.34. The summed E-state index contributed by atoms with van der Waals surface area (Å²) >= 11 is 7.74. The fraction of sp³-hybridized carbons (Fsp3) is 0.0588. The summed E-state index contributed by atoms with van der Waals surface area (Å²) in [5.74, 6) is -0.156. The molecule has 0 saturated carbocycles. The van der Waals surface area contributed by atoms with Crippen molar-refractivity contribution in [3.63, 3.8) is 0 Å². The second kappa shape index (κ2) is 6.24. The molecule has 1 amide bonds. The Morgan fingerprint density at radius 3 is 2.80 bits per heavy atom. The molecule has 8 heteroatoms. The first-order chi connectivity index (χ1) is 12.2. The van der Waals surface area contributed by atoms with Crippen LogP contribution in [0.25, 0.3) is 0 Å². The van der Waals surface area contributed by atoms with E-state index in [0.29, 0.717) is 5.02 Å². The first kappa shape index (κ1) is 15.7. The van der Waals surface area contributed by atoms with Crippen molar-refractivity contribution in [3.8, 4) is 6.07 Å². The van der Waals surface area contributed by atoms with Gasteiger partial charge in [0.15, 0.2) is 0 Å². The average molecular weight is 368 g/mol. The molecule has 0 saturated heterocycles. The van der Waals surface area contributed by atoms with E-state index in [1.165, 1.54) is 11.0 Å². The minimum atomic E-state index is -0.189. The summed E-state index contributed by atoms with van der Waals surface area (Å²) in [7, 11) is 0. The summed E-state index contributed by atoms with van der Waals surface area (Å²) in [5, 5.41) is 13.3. The molecule has 0 N–H and O–H groups in total. The van der Waals surface area contributed by atoms with Crippen LogP contribution in [0.2, 0.25) is 5.02 Å². The highest BCUT2D eigenvalue weighted by molar-refractivity contribution is 7.99. The van der Waals surface area contributed by atoms with Gasteiger partial charge in [-0.2, -0.15) is 5.26 Å². The minimum absolute atomic E-state index is 0.0281. The Bertz CT molecular complexity index is 1030. The van der Waals surface area contributed by atoms with Crippen LogP contribution in [0.1, 0.15) is 5.82 Å². The number of nitriles is 1. The van der Waals surface area contributed by atoms with Gasteiger partial charge in [0.25, 0.3) is 11.7 Å². The zero-order valence-corrected chi connectivity index (χ0v) is 14.3. The van der Waals surface area contributed by atoms with Crippen LogP contribution in [0.3, 0.4) is 0 Å². The van der Waals surface area contributed by atoms with Crippen molar-refractivity contribution in [1.82, 2.24) is 14.8 Å². The van der Waals surface area contributed by atoms with Crippen LogP contribution >= 0.6 is 23.4 Å². The number of amides is 1. The van der Waals surface area contributed by atoms with E-state index in [2.05, 4.69) is 10.1 Å². The van der Waals surface area contributed by atoms with Crippen LogP contribution in [0.5, 0.6) is 0 Å².